The first-order valence-corrected chi connectivity index (χ1v) is 9.93. The minimum atomic E-state index is -1.35. The summed E-state index contributed by atoms with van der Waals surface area (Å²) in [6, 6.07) is 6.58. The van der Waals surface area contributed by atoms with Crippen molar-refractivity contribution in [3.05, 3.63) is 35.9 Å². The van der Waals surface area contributed by atoms with Gasteiger partial charge in [-0.3, -0.25) is 4.79 Å². The Kier molecular flexibility index (Phi) is 6.80. The summed E-state index contributed by atoms with van der Waals surface area (Å²) in [5.74, 6) is -2.40. The number of nitrogens with zero attached hydrogens (tertiary/aromatic N) is 1. The third kappa shape index (κ3) is 4.44. The van der Waals surface area contributed by atoms with Crippen LogP contribution in [0.2, 0.25) is 0 Å². The van der Waals surface area contributed by atoms with Crippen molar-refractivity contribution in [1.82, 2.24) is 4.90 Å². The minimum absolute atomic E-state index is 0.0546. The average Bonchev–Trinajstić information content (AvgIpc) is 2.92. The molecule has 7 nitrogen and oxygen atoms in total. The lowest BCUT2D eigenvalue weighted by atomic mass is 10.0. The molecule has 1 aromatic carbocycles. The van der Waals surface area contributed by atoms with Crippen molar-refractivity contribution in [3.8, 4) is 0 Å². The molecule has 4 unspecified atom stereocenters. The molecule has 0 bridgehead atoms. The van der Waals surface area contributed by atoms with Crippen LogP contribution in [0, 0.1) is 0 Å². The summed E-state index contributed by atoms with van der Waals surface area (Å²) in [6.07, 6.45) is 0.743. The third-order valence-electron chi connectivity index (χ3n) is 4.63. The van der Waals surface area contributed by atoms with Gasteiger partial charge in [0.2, 0.25) is 0 Å². The van der Waals surface area contributed by atoms with Gasteiger partial charge in [-0.2, -0.15) is 0 Å². The molecule has 1 saturated heterocycles. The zero-order chi connectivity index (χ0) is 19.4. The lowest BCUT2D eigenvalue weighted by molar-refractivity contribution is -0.311. The molecule has 142 valence electrons. The van der Waals surface area contributed by atoms with Crippen LogP contribution in [-0.4, -0.2) is 56.3 Å². The molecule has 26 heavy (non-hydrogen) atoms. The normalized spacial score (nSPS) is 25.6. The number of rotatable bonds is 7. The van der Waals surface area contributed by atoms with Crippen LogP contribution in [0.15, 0.2) is 30.3 Å². The first-order chi connectivity index (χ1) is 12.2. The standard InChI is InChI=1S/C18H24N2O5S/c1-11(19)18(25)26-10-15(17(23)24)20(12(26)2)14(16(21)22)9-8-13-6-4-3-5-7-13/h3-7,11-12,14-15H,8-10,19H2,1-2H3,(H-,21,22,23,24)/t11-,12?,14?,15?,26?/m0/s1. The van der Waals surface area contributed by atoms with Crippen molar-refractivity contribution in [2.45, 2.75) is 50.2 Å². The summed E-state index contributed by atoms with van der Waals surface area (Å²) < 4.78 is 0. The Labute approximate surface area is 155 Å². The second-order valence-electron chi connectivity index (χ2n) is 6.46. The number of hydrogen-bond acceptors (Lipinski definition) is 6. The van der Waals surface area contributed by atoms with Crippen molar-refractivity contribution >= 4 is 27.9 Å². The van der Waals surface area contributed by atoms with E-state index in [1.54, 1.807) is 13.8 Å². The molecule has 3 N–H and O–H groups in total. The molecule has 0 aliphatic carbocycles. The molecule has 0 aromatic heterocycles. The molecule has 0 saturated carbocycles. The van der Waals surface area contributed by atoms with E-state index in [9.17, 15) is 24.6 Å². The van der Waals surface area contributed by atoms with Gasteiger partial charge in [0.15, 0.2) is 5.37 Å². The molecule has 0 radical (unpaired) electrons. The monoisotopic (exact) mass is 380 g/mol. The van der Waals surface area contributed by atoms with Crippen LogP contribution >= 0.6 is 0 Å². The molecule has 2 rings (SSSR count). The lowest BCUT2D eigenvalue weighted by Crippen LogP contribution is -2.54. The topological polar surface area (TPSA) is 124 Å². The molecular formula is C18H24N2O5S. The SMILES string of the molecule is CC1N(C(CCc2ccccc2)C(=O)O)C(C(=O)[O-])C[S+]1C(=O)[C@H](C)N. The largest absolute Gasteiger partial charge is 0.548 e. The number of aliphatic carboxylic acids is 2. The number of carbonyl (C=O) groups is 3. The molecule has 1 aromatic rings. The maximum Gasteiger partial charge on any atom is 0.348 e. The number of aryl methyl sites for hydroxylation is 1. The van der Waals surface area contributed by atoms with Crippen molar-refractivity contribution in [3.63, 3.8) is 0 Å². The van der Waals surface area contributed by atoms with E-state index in [2.05, 4.69) is 0 Å². The first-order valence-electron chi connectivity index (χ1n) is 8.48. The van der Waals surface area contributed by atoms with Crippen LogP contribution < -0.4 is 10.8 Å². The molecule has 0 amide bonds. The molecule has 0 spiro atoms. The molecule has 1 fully saturated rings. The van der Waals surface area contributed by atoms with Gasteiger partial charge < -0.3 is 20.7 Å². The smallest absolute Gasteiger partial charge is 0.348 e. The zero-order valence-corrected chi connectivity index (χ0v) is 15.6. The van der Waals surface area contributed by atoms with E-state index in [1.165, 1.54) is 4.90 Å². The van der Waals surface area contributed by atoms with Gasteiger partial charge in [-0.15, -0.1) is 0 Å². The van der Waals surface area contributed by atoms with Crippen LogP contribution in [0.5, 0.6) is 0 Å². The summed E-state index contributed by atoms with van der Waals surface area (Å²) in [5, 5.41) is 20.6. The van der Waals surface area contributed by atoms with Crippen molar-refractivity contribution in [2.24, 2.45) is 5.73 Å². The Hall–Kier alpha value is -1.90. The van der Waals surface area contributed by atoms with Gasteiger partial charge in [0, 0.05) is 0 Å². The Morgan fingerprint density at radius 3 is 2.46 bits per heavy atom. The lowest BCUT2D eigenvalue weighted by Gasteiger charge is -2.30. The van der Waals surface area contributed by atoms with Crippen LogP contribution in [-0.2, 0) is 31.7 Å². The highest BCUT2D eigenvalue weighted by Crippen LogP contribution is 2.30. The fourth-order valence-electron chi connectivity index (χ4n) is 3.29. The van der Waals surface area contributed by atoms with E-state index in [0.29, 0.717) is 6.42 Å². The van der Waals surface area contributed by atoms with Crippen LogP contribution in [0.1, 0.15) is 25.8 Å². The van der Waals surface area contributed by atoms with E-state index in [4.69, 9.17) is 5.73 Å². The highest BCUT2D eigenvalue weighted by molar-refractivity contribution is 8.11. The van der Waals surface area contributed by atoms with Crippen LogP contribution in [0.3, 0.4) is 0 Å². The summed E-state index contributed by atoms with van der Waals surface area (Å²) in [5.41, 5.74) is 6.65. The van der Waals surface area contributed by atoms with Gasteiger partial charge >= 0.3 is 11.1 Å². The fraction of sp³-hybridized carbons (Fsp3) is 0.500. The predicted molar refractivity (Wildman–Crippen MR) is 97.2 cm³/mol. The molecule has 8 heteroatoms. The predicted octanol–water partition coefficient (Wildman–Crippen LogP) is -0.655. The van der Waals surface area contributed by atoms with Gasteiger partial charge in [-0.05, 0) is 32.3 Å². The second-order valence-corrected chi connectivity index (χ2v) is 8.74. The fourth-order valence-corrected chi connectivity index (χ4v) is 5.79. The van der Waals surface area contributed by atoms with E-state index in [-0.39, 0.29) is 17.3 Å². The van der Waals surface area contributed by atoms with Crippen molar-refractivity contribution in [1.29, 1.82) is 0 Å². The Morgan fingerprint density at radius 1 is 1.35 bits per heavy atom. The summed E-state index contributed by atoms with van der Waals surface area (Å²) >= 11 is 0. The Morgan fingerprint density at radius 2 is 1.96 bits per heavy atom. The van der Waals surface area contributed by atoms with E-state index in [0.717, 1.165) is 5.56 Å². The van der Waals surface area contributed by atoms with Gasteiger partial charge in [-0.1, -0.05) is 30.3 Å². The second kappa shape index (κ2) is 8.66. The summed E-state index contributed by atoms with van der Waals surface area (Å²) in [6.45, 7) is 3.26. The number of hydrogen-bond donors (Lipinski definition) is 2. The Bertz CT molecular complexity index is 667. The van der Waals surface area contributed by atoms with E-state index in [1.807, 2.05) is 30.3 Å². The van der Waals surface area contributed by atoms with E-state index < -0.39 is 46.3 Å². The quantitative estimate of drug-likeness (QED) is 0.602. The number of benzene rings is 1. The molecule has 1 aliphatic heterocycles. The summed E-state index contributed by atoms with van der Waals surface area (Å²) in [4.78, 5) is 37.2. The third-order valence-corrected chi connectivity index (χ3v) is 7.26. The van der Waals surface area contributed by atoms with Crippen molar-refractivity contribution in [2.75, 3.05) is 5.75 Å². The van der Waals surface area contributed by atoms with Crippen LogP contribution in [0.25, 0.3) is 0 Å². The molecule has 1 aliphatic rings. The highest BCUT2D eigenvalue weighted by Gasteiger charge is 2.55. The minimum Gasteiger partial charge on any atom is -0.548 e. The number of carboxylic acids is 2. The van der Waals surface area contributed by atoms with Gasteiger partial charge in [0.25, 0.3) is 0 Å². The maximum absolute atomic E-state index is 12.3. The van der Waals surface area contributed by atoms with Gasteiger partial charge in [-0.25, -0.2) is 9.69 Å². The zero-order valence-electron chi connectivity index (χ0n) is 14.8. The number of carbonyl (C=O) groups excluding carboxylic acids is 2. The van der Waals surface area contributed by atoms with E-state index >= 15 is 0 Å². The molecule has 5 atom stereocenters. The highest BCUT2D eigenvalue weighted by atomic mass is 32.2. The molecule has 1 heterocycles. The molecular weight excluding hydrogens is 356 g/mol. The number of carboxylic acid groups (broad SMARTS) is 2. The first kappa shape index (κ1) is 20.4. The van der Waals surface area contributed by atoms with Gasteiger partial charge in [0.05, 0.1) is 16.9 Å². The average molecular weight is 380 g/mol. The van der Waals surface area contributed by atoms with Crippen molar-refractivity contribution < 1.29 is 24.6 Å². The van der Waals surface area contributed by atoms with Crippen LogP contribution in [0.4, 0.5) is 0 Å². The Balaban J connectivity index is 2.24. The maximum atomic E-state index is 12.3. The van der Waals surface area contributed by atoms with Gasteiger partial charge in [0.1, 0.15) is 23.9 Å². The summed E-state index contributed by atoms with van der Waals surface area (Å²) in [7, 11) is -0.935. The number of nitrogens with two attached hydrogens (primary N) is 1.